The summed E-state index contributed by atoms with van der Waals surface area (Å²) in [4.78, 5) is 4.26. The fourth-order valence-electron chi connectivity index (χ4n) is 2.65. The number of hydrogen-bond acceptors (Lipinski definition) is 5. The van der Waals surface area contributed by atoms with E-state index in [0.29, 0.717) is 11.0 Å². The maximum Gasteiger partial charge on any atom is 0.187 e. The number of fused-ring (bicyclic) bond motifs is 1. The van der Waals surface area contributed by atoms with Crippen LogP contribution in [0.25, 0.3) is 28.0 Å². The molecule has 0 saturated heterocycles. The van der Waals surface area contributed by atoms with Crippen molar-refractivity contribution in [2.24, 2.45) is 7.05 Å². The van der Waals surface area contributed by atoms with E-state index in [4.69, 9.17) is 11.6 Å². The average molecular weight is 357 g/mol. The molecule has 0 radical (unpaired) electrons. The fourth-order valence-corrected chi connectivity index (χ4v) is 3.34. The third-order valence-corrected chi connectivity index (χ3v) is 4.64. The summed E-state index contributed by atoms with van der Waals surface area (Å²) in [6.07, 6.45) is 3.98. The molecule has 8 heteroatoms. The van der Waals surface area contributed by atoms with Gasteiger partial charge in [-0.25, -0.2) is 4.98 Å². The third kappa shape index (κ3) is 2.55. The molecule has 24 heavy (non-hydrogen) atoms. The molecule has 0 aliphatic heterocycles. The number of pyridine rings is 1. The second kappa shape index (κ2) is 5.92. The van der Waals surface area contributed by atoms with Crippen molar-refractivity contribution in [3.63, 3.8) is 0 Å². The number of nitrogens with zero attached hydrogens (tertiary/aromatic N) is 6. The van der Waals surface area contributed by atoms with Crippen LogP contribution in [-0.2, 0) is 7.05 Å². The highest BCUT2D eigenvalue weighted by molar-refractivity contribution is 7.98. The molecule has 0 N–H and O–H groups in total. The summed E-state index contributed by atoms with van der Waals surface area (Å²) in [5, 5.41) is 14.5. The molecule has 6 nitrogen and oxygen atoms in total. The standard InChI is InChI=1S/C16H13ClN6S/c1-22-6-5-10-7-12(3-4-13(10)22)23-16(19-20-21-23)11-8-14(17)18-15(9-11)24-2/h3-9H,1-2H3. The molecule has 0 atom stereocenters. The van der Waals surface area contributed by atoms with Crippen LogP contribution in [0.3, 0.4) is 0 Å². The van der Waals surface area contributed by atoms with Crippen LogP contribution in [0.5, 0.6) is 0 Å². The van der Waals surface area contributed by atoms with Gasteiger partial charge in [0, 0.05) is 29.7 Å². The number of tetrazole rings is 1. The second-order valence-corrected chi connectivity index (χ2v) is 6.52. The topological polar surface area (TPSA) is 61.4 Å². The summed E-state index contributed by atoms with van der Waals surface area (Å²) in [5.74, 6) is 0.630. The van der Waals surface area contributed by atoms with Crippen molar-refractivity contribution in [1.29, 1.82) is 0 Å². The van der Waals surface area contributed by atoms with Crippen molar-refractivity contribution >= 4 is 34.3 Å². The Labute approximate surface area is 147 Å². The molecular formula is C16H13ClN6S. The van der Waals surface area contributed by atoms with E-state index >= 15 is 0 Å². The molecule has 3 heterocycles. The molecule has 0 amide bonds. The first-order valence-electron chi connectivity index (χ1n) is 7.21. The summed E-state index contributed by atoms with van der Waals surface area (Å²) in [7, 11) is 2.02. The van der Waals surface area contributed by atoms with E-state index in [-0.39, 0.29) is 0 Å². The largest absolute Gasteiger partial charge is 0.351 e. The lowest BCUT2D eigenvalue weighted by atomic mass is 10.2. The van der Waals surface area contributed by atoms with Crippen LogP contribution in [0.15, 0.2) is 47.6 Å². The maximum atomic E-state index is 6.12. The van der Waals surface area contributed by atoms with E-state index in [1.165, 1.54) is 11.8 Å². The summed E-state index contributed by atoms with van der Waals surface area (Å²) >= 11 is 7.64. The Morgan fingerprint density at radius 2 is 2.00 bits per heavy atom. The predicted molar refractivity (Wildman–Crippen MR) is 95.7 cm³/mol. The summed E-state index contributed by atoms with van der Waals surface area (Å²) in [6, 6.07) is 11.9. The number of thioether (sulfide) groups is 1. The van der Waals surface area contributed by atoms with Gasteiger partial charge in [-0.15, -0.1) is 16.9 Å². The zero-order chi connectivity index (χ0) is 16.7. The minimum absolute atomic E-state index is 0.421. The van der Waals surface area contributed by atoms with Gasteiger partial charge < -0.3 is 4.57 Å². The monoisotopic (exact) mass is 356 g/mol. The lowest BCUT2D eigenvalue weighted by molar-refractivity contribution is 0.791. The zero-order valence-electron chi connectivity index (χ0n) is 13.0. The van der Waals surface area contributed by atoms with E-state index in [9.17, 15) is 0 Å². The number of benzene rings is 1. The Kier molecular flexibility index (Phi) is 3.74. The first-order valence-corrected chi connectivity index (χ1v) is 8.82. The Hall–Kier alpha value is -2.38. The molecule has 0 bridgehead atoms. The van der Waals surface area contributed by atoms with Gasteiger partial charge in [0.1, 0.15) is 5.15 Å². The van der Waals surface area contributed by atoms with Crippen molar-refractivity contribution in [3.05, 3.63) is 47.7 Å². The Morgan fingerprint density at radius 1 is 1.12 bits per heavy atom. The van der Waals surface area contributed by atoms with Crippen molar-refractivity contribution in [2.45, 2.75) is 5.03 Å². The lowest BCUT2D eigenvalue weighted by Crippen LogP contribution is -2.00. The van der Waals surface area contributed by atoms with E-state index in [0.717, 1.165) is 27.2 Å². The average Bonchev–Trinajstić information content (AvgIpc) is 3.21. The van der Waals surface area contributed by atoms with Crippen LogP contribution in [0.4, 0.5) is 0 Å². The van der Waals surface area contributed by atoms with Crippen LogP contribution in [-0.4, -0.2) is 36.0 Å². The van der Waals surface area contributed by atoms with Gasteiger partial charge in [0.2, 0.25) is 0 Å². The molecule has 0 aliphatic carbocycles. The smallest absolute Gasteiger partial charge is 0.187 e. The van der Waals surface area contributed by atoms with Crippen molar-refractivity contribution < 1.29 is 0 Å². The molecule has 0 spiro atoms. The van der Waals surface area contributed by atoms with Crippen molar-refractivity contribution in [1.82, 2.24) is 29.8 Å². The first-order chi connectivity index (χ1) is 11.7. The van der Waals surface area contributed by atoms with Gasteiger partial charge in [-0.3, -0.25) is 0 Å². The predicted octanol–water partition coefficient (Wildman–Crippen LogP) is 3.59. The quantitative estimate of drug-likeness (QED) is 0.414. The first kappa shape index (κ1) is 15.2. The van der Waals surface area contributed by atoms with Gasteiger partial charge in [0.15, 0.2) is 5.82 Å². The van der Waals surface area contributed by atoms with Crippen LogP contribution >= 0.6 is 23.4 Å². The van der Waals surface area contributed by atoms with Gasteiger partial charge in [-0.2, -0.15) is 4.68 Å². The summed E-state index contributed by atoms with van der Waals surface area (Å²) in [5.41, 5.74) is 2.88. The highest BCUT2D eigenvalue weighted by atomic mass is 35.5. The number of rotatable bonds is 3. The highest BCUT2D eigenvalue weighted by Crippen LogP contribution is 2.27. The van der Waals surface area contributed by atoms with Crippen molar-refractivity contribution in [3.8, 4) is 17.1 Å². The molecule has 0 unspecified atom stereocenters. The van der Waals surface area contributed by atoms with Crippen molar-refractivity contribution in [2.75, 3.05) is 6.26 Å². The molecule has 0 saturated carbocycles. The molecule has 0 fully saturated rings. The number of hydrogen-bond donors (Lipinski definition) is 0. The molecular weight excluding hydrogens is 344 g/mol. The van der Waals surface area contributed by atoms with E-state index in [1.54, 1.807) is 10.7 Å². The minimum Gasteiger partial charge on any atom is -0.351 e. The van der Waals surface area contributed by atoms with Crippen LogP contribution < -0.4 is 0 Å². The third-order valence-electron chi connectivity index (χ3n) is 3.82. The van der Waals surface area contributed by atoms with Gasteiger partial charge in [-0.1, -0.05) is 11.6 Å². The highest BCUT2D eigenvalue weighted by Gasteiger charge is 2.14. The van der Waals surface area contributed by atoms with E-state index in [1.807, 2.05) is 31.6 Å². The Bertz CT molecular complexity index is 1040. The molecule has 0 aliphatic rings. The van der Waals surface area contributed by atoms with Gasteiger partial charge >= 0.3 is 0 Å². The molecule has 1 aromatic carbocycles. The number of aryl methyl sites for hydroxylation is 1. The Morgan fingerprint density at radius 3 is 2.83 bits per heavy atom. The van der Waals surface area contributed by atoms with Crippen LogP contribution in [0.1, 0.15) is 0 Å². The summed E-state index contributed by atoms with van der Waals surface area (Å²) in [6.45, 7) is 0. The van der Waals surface area contributed by atoms with E-state index < -0.39 is 0 Å². The van der Waals surface area contributed by atoms with Crippen LogP contribution in [0.2, 0.25) is 5.15 Å². The van der Waals surface area contributed by atoms with Gasteiger partial charge in [-0.05, 0) is 53.1 Å². The molecule has 4 rings (SSSR count). The SMILES string of the molecule is CSc1cc(-c2nnnn2-c2ccc3c(ccn3C)c2)cc(Cl)n1. The molecule has 120 valence electrons. The normalized spacial score (nSPS) is 11.3. The summed E-state index contributed by atoms with van der Waals surface area (Å²) < 4.78 is 3.79. The van der Waals surface area contributed by atoms with Gasteiger partial charge in [0.05, 0.1) is 10.7 Å². The molecule has 3 aromatic heterocycles. The zero-order valence-corrected chi connectivity index (χ0v) is 14.6. The number of aromatic nitrogens is 6. The van der Waals surface area contributed by atoms with Crippen LogP contribution in [0, 0.1) is 0 Å². The fraction of sp³-hybridized carbons (Fsp3) is 0.125. The molecule has 4 aromatic rings. The van der Waals surface area contributed by atoms with Gasteiger partial charge in [0.25, 0.3) is 0 Å². The lowest BCUT2D eigenvalue weighted by Gasteiger charge is -2.07. The second-order valence-electron chi connectivity index (χ2n) is 5.30. The van der Waals surface area contributed by atoms with E-state index in [2.05, 4.69) is 43.3 Å². The minimum atomic E-state index is 0.421. The number of halogens is 1. The maximum absolute atomic E-state index is 6.12. The Balaban J connectivity index is 1.85.